The van der Waals surface area contributed by atoms with E-state index in [0.29, 0.717) is 11.3 Å². The Balaban J connectivity index is 2.56. The lowest BCUT2D eigenvalue weighted by atomic mass is 10.1. The molecule has 98 valence electrons. The number of ketones is 1. The van der Waals surface area contributed by atoms with Gasteiger partial charge in [0, 0.05) is 12.6 Å². The second kappa shape index (κ2) is 6.76. The highest BCUT2D eigenvalue weighted by Crippen LogP contribution is 2.11. The first-order valence-electron chi connectivity index (χ1n) is 5.63. The van der Waals surface area contributed by atoms with Crippen LogP contribution in [0.1, 0.15) is 10.4 Å². The summed E-state index contributed by atoms with van der Waals surface area (Å²) in [7, 11) is 4.88. The lowest BCUT2D eigenvalue weighted by Crippen LogP contribution is -2.36. The van der Waals surface area contributed by atoms with E-state index in [1.54, 1.807) is 50.4 Å². The predicted molar refractivity (Wildman–Crippen MR) is 68.9 cm³/mol. The fourth-order valence-corrected chi connectivity index (χ4v) is 1.49. The molecule has 1 N–H and O–H groups in total. The third kappa shape index (κ3) is 4.18. The van der Waals surface area contributed by atoms with Crippen LogP contribution in [-0.2, 0) is 4.79 Å². The van der Waals surface area contributed by atoms with E-state index in [1.807, 2.05) is 0 Å². The zero-order valence-corrected chi connectivity index (χ0v) is 10.9. The van der Waals surface area contributed by atoms with Crippen molar-refractivity contribution in [3.8, 4) is 5.75 Å². The summed E-state index contributed by atoms with van der Waals surface area (Å²) in [6, 6.07) is 6.92. The Morgan fingerprint density at radius 1 is 1.22 bits per heavy atom. The zero-order valence-electron chi connectivity index (χ0n) is 10.9. The molecule has 1 amide bonds. The van der Waals surface area contributed by atoms with Gasteiger partial charge in [-0.05, 0) is 31.3 Å². The molecule has 1 aromatic rings. The topological polar surface area (TPSA) is 58.6 Å². The van der Waals surface area contributed by atoms with Crippen LogP contribution in [-0.4, -0.2) is 50.9 Å². The van der Waals surface area contributed by atoms with E-state index < -0.39 is 0 Å². The molecule has 0 unspecified atom stereocenters. The maximum Gasteiger partial charge on any atom is 0.233 e. The van der Waals surface area contributed by atoms with Crippen molar-refractivity contribution in [2.45, 2.75) is 0 Å². The number of rotatable bonds is 6. The van der Waals surface area contributed by atoms with E-state index in [1.165, 1.54) is 0 Å². The summed E-state index contributed by atoms with van der Waals surface area (Å²) < 4.78 is 5.02. The normalized spacial score (nSPS) is 10.2. The average molecular weight is 250 g/mol. The summed E-state index contributed by atoms with van der Waals surface area (Å²) in [5.41, 5.74) is 0.611. The van der Waals surface area contributed by atoms with Crippen LogP contribution in [0.4, 0.5) is 0 Å². The molecule has 0 heterocycles. The highest BCUT2D eigenvalue weighted by Gasteiger charge is 2.11. The Labute approximate surface area is 107 Å². The summed E-state index contributed by atoms with van der Waals surface area (Å²) in [4.78, 5) is 24.7. The van der Waals surface area contributed by atoms with Crippen LogP contribution in [0.15, 0.2) is 24.3 Å². The molecule has 0 fully saturated rings. The maximum atomic E-state index is 11.9. The fourth-order valence-electron chi connectivity index (χ4n) is 1.49. The average Bonchev–Trinajstić information content (AvgIpc) is 2.38. The molecule has 0 saturated heterocycles. The van der Waals surface area contributed by atoms with Crippen LogP contribution >= 0.6 is 0 Å². The zero-order chi connectivity index (χ0) is 13.5. The minimum atomic E-state index is -0.111. The number of ether oxygens (including phenoxy) is 1. The van der Waals surface area contributed by atoms with Gasteiger partial charge < -0.3 is 10.1 Å². The van der Waals surface area contributed by atoms with Gasteiger partial charge in [-0.25, -0.2) is 0 Å². The van der Waals surface area contributed by atoms with Crippen molar-refractivity contribution in [1.82, 2.24) is 10.2 Å². The number of hydrogen-bond acceptors (Lipinski definition) is 4. The molecule has 0 saturated carbocycles. The molecule has 0 bridgehead atoms. The van der Waals surface area contributed by atoms with E-state index in [9.17, 15) is 9.59 Å². The smallest absolute Gasteiger partial charge is 0.233 e. The largest absolute Gasteiger partial charge is 0.497 e. The van der Waals surface area contributed by atoms with Gasteiger partial charge in [-0.15, -0.1) is 0 Å². The van der Waals surface area contributed by atoms with E-state index >= 15 is 0 Å². The number of methoxy groups -OCH3 is 1. The second-order valence-corrected chi connectivity index (χ2v) is 4.00. The Kier molecular flexibility index (Phi) is 5.32. The number of carbonyl (C=O) groups is 2. The molecule has 0 aliphatic heterocycles. The SMILES string of the molecule is CNC(=O)CN(C)CC(=O)c1ccc(OC)cc1. The third-order valence-corrected chi connectivity index (χ3v) is 2.52. The van der Waals surface area contributed by atoms with Crippen LogP contribution in [0.3, 0.4) is 0 Å². The van der Waals surface area contributed by atoms with E-state index in [0.717, 1.165) is 0 Å². The Bertz CT molecular complexity index is 415. The number of hydrogen-bond donors (Lipinski definition) is 1. The van der Waals surface area contributed by atoms with Crippen LogP contribution in [0.2, 0.25) is 0 Å². The number of nitrogens with zero attached hydrogens (tertiary/aromatic N) is 1. The van der Waals surface area contributed by atoms with Gasteiger partial charge in [-0.3, -0.25) is 14.5 Å². The summed E-state index contributed by atoms with van der Waals surface area (Å²) in [6.45, 7) is 0.415. The van der Waals surface area contributed by atoms with Gasteiger partial charge in [0.15, 0.2) is 5.78 Å². The molecule has 1 aromatic carbocycles. The lowest BCUT2D eigenvalue weighted by Gasteiger charge is -2.14. The van der Waals surface area contributed by atoms with Gasteiger partial charge in [0.25, 0.3) is 0 Å². The molecule has 18 heavy (non-hydrogen) atoms. The van der Waals surface area contributed by atoms with Crippen molar-refractivity contribution in [3.63, 3.8) is 0 Å². The van der Waals surface area contributed by atoms with Crippen molar-refractivity contribution in [2.75, 3.05) is 34.3 Å². The standard InChI is InChI=1S/C13H18N2O3/c1-14-13(17)9-15(2)8-12(16)10-4-6-11(18-3)7-5-10/h4-7H,8-9H2,1-3H3,(H,14,17). The molecule has 0 spiro atoms. The first kappa shape index (κ1) is 14.2. The molecule has 0 aliphatic carbocycles. The molecule has 5 nitrogen and oxygen atoms in total. The Morgan fingerprint density at radius 2 is 1.83 bits per heavy atom. The molecule has 0 aromatic heterocycles. The minimum absolute atomic E-state index is 0.0240. The quantitative estimate of drug-likeness (QED) is 0.749. The minimum Gasteiger partial charge on any atom is -0.497 e. The molecule has 1 rings (SSSR count). The van der Waals surface area contributed by atoms with Gasteiger partial charge in [0.1, 0.15) is 5.75 Å². The van der Waals surface area contributed by atoms with Gasteiger partial charge in [0.2, 0.25) is 5.91 Å². The number of carbonyl (C=O) groups excluding carboxylic acids is 2. The van der Waals surface area contributed by atoms with Crippen molar-refractivity contribution in [1.29, 1.82) is 0 Å². The number of nitrogens with one attached hydrogen (secondary N) is 1. The number of benzene rings is 1. The maximum absolute atomic E-state index is 11.9. The van der Waals surface area contributed by atoms with Crippen molar-refractivity contribution < 1.29 is 14.3 Å². The van der Waals surface area contributed by atoms with Crippen molar-refractivity contribution in [3.05, 3.63) is 29.8 Å². The Morgan fingerprint density at radius 3 is 2.33 bits per heavy atom. The third-order valence-electron chi connectivity index (χ3n) is 2.52. The Hall–Kier alpha value is -1.88. The first-order valence-corrected chi connectivity index (χ1v) is 5.63. The molecule has 5 heteroatoms. The van der Waals surface area contributed by atoms with Gasteiger partial charge in [-0.2, -0.15) is 0 Å². The monoisotopic (exact) mass is 250 g/mol. The molecular formula is C13H18N2O3. The summed E-state index contributed by atoms with van der Waals surface area (Å²) in [5.74, 6) is 0.578. The first-order chi connectivity index (χ1) is 8.56. The van der Waals surface area contributed by atoms with E-state index in [2.05, 4.69) is 5.32 Å². The summed E-state index contributed by atoms with van der Waals surface area (Å²) in [5, 5.41) is 2.52. The second-order valence-electron chi connectivity index (χ2n) is 4.00. The van der Waals surface area contributed by atoms with Gasteiger partial charge in [-0.1, -0.05) is 0 Å². The molecule has 0 aliphatic rings. The highest BCUT2D eigenvalue weighted by molar-refractivity contribution is 5.97. The summed E-state index contributed by atoms with van der Waals surface area (Å²) >= 11 is 0. The number of likely N-dealkylation sites (N-methyl/N-ethyl adjacent to an activating group) is 2. The molecular weight excluding hydrogens is 232 g/mol. The van der Waals surface area contributed by atoms with Gasteiger partial charge in [0.05, 0.1) is 20.2 Å². The van der Waals surface area contributed by atoms with Gasteiger partial charge >= 0.3 is 0 Å². The van der Waals surface area contributed by atoms with Crippen molar-refractivity contribution in [2.24, 2.45) is 0 Å². The van der Waals surface area contributed by atoms with Crippen LogP contribution < -0.4 is 10.1 Å². The molecule has 0 atom stereocenters. The lowest BCUT2D eigenvalue weighted by molar-refractivity contribution is -0.121. The van der Waals surface area contributed by atoms with Crippen LogP contribution in [0.5, 0.6) is 5.75 Å². The number of amides is 1. The highest BCUT2D eigenvalue weighted by atomic mass is 16.5. The number of Topliss-reactive ketones (excluding diaryl/α,β-unsaturated/α-hetero) is 1. The predicted octanol–water partition coefficient (Wildman–Crippen LogP) is 0.556. The van der Waals surface area contributed by atoms with E-state index in [4.69, 9.17) is 4.74 Å². The molecule has 0 radical (unpaired) electrons. The van der Waals surface area contributed by atoms with E-state index in [-0.39, 0.29) is 24.8 Å². The van der Waals surface area contributed by atoms with Crippen LogP contribution in [0.25, 0.3) is 0 Å². The van der Waals surface area contributed by atoms with Crippen LogP contribution in [0, 0.1) is 0 Å². The fraction of sp³-hybridized carbons (Fsp3) is 0.385. The van der Waals surface area contributed by atoms with Crippen molar-refractivity contribution >= 4 is 11.7 Å². The summed E-state index contributed by atoms with van der Waals surface area (Å²) in [6.07, 6.45) is 0.